The van der Waals surface area contributed by atoms with Gasteiger partial charge in [-0.25, -0.2) is 0 Å². The van der Waals surface area contributed by atoms with E-state index in [-0.39, 0.29) is 12.0 Å². The van der Waals surface area contributed by atoms with Crippen molar-refractivity contribution in [3.8, 4) is 0 Å². The van der Waals surface area contributed by atoms with E-state index < -0.39 is 6.10 Å². The molecule has 2 nitrogen and oxygen atoms in total. The molecule has 1 aromatic rings. The second kappa shape index (κ2) is 4.98. The Bertz CT molecular complexity index is 348. The Kier molecular flexibility index (Phi) is 3.62. The Labute approximate surface area is 96.9 Å². The third-order valence-electron chi connectivity index (χ3n) is 3.52. The van der Waals surface area contributed by atoms with Crippen molar-refractivity contribution in [2.75, 3.05) is 0 Å². The fraction of sp³-hybridized carbons (Fsp3) is 0.571. The van der Waals surface area contributed by atoms with Crippen LogP contribution in [0.4, 0.5) is 0 Å². The van der Waals surface area contributed by atoms with Crippen molar-refractivity contribution >= 4 is 0 Å². The van der Waals surface area contributed by atoms with Gasteiger partial charge in [-0.15, -0.1) is 0 Å². The Morgan fingerprint density at radius 3 is 2.81 bits per heavy atom. The van der Waals surface area contributed by atoms with Gasteiger partial charge in [-0.05, 0) is 37.7 Å². The van der Waals surface area contributed by atoms with Crippen molar-refractivity contribution in [3.05, 3.63) is 35.4 Å². The minimum Gasteiger partial charge on any atom is -0.393 e. The lowest BCUT2D eigenvalue weighted by Crippen LogP contribution is -2.24. The number of rotatable bonds is 2. The van der Waals surface area contributed by atoms with E-state index in [1.165, 1.54) is 5.56 Å². The first-order chi connectivity index (χ1) is 7.66. The summed E-state index contributed by atoms with van der Waals surface area (Å²) in [6.45, 7) is 2.03. The van der Waals surface area contributed by atoms with Crippen molar-refractivity contribution < 1.29 is 10.2 Å². The molecule has 1 aliphatic carbocycles. The molecule has 1 fully saturated rings. The first-order valence-electron chi connectivity index (χ1n) is 6.09. The lowest BCUT2D eigenvalue weighted by atomic mass is 9.81. The molecule has 2 rings (SSSR count). The van der Waals surface area contributed by atoms with E-state index in [0.717, 1.165) is 31.2 Å². The molecule has 2 N–H and O–H groups in total. The zero-order valence-corrected chi connectivity index (χ0v) is 9.76. The molecule has 16 heavy (non-hydrogen) atoms. The highest BCUT2D eigenvalue weighted by atomic mass is 16.3. The van der Waals surface area contributed by atoms with E-state index in [1.807, 2.05) is 31.2 Å². The van der Waals surface area contributed by atoms with Gasteiger partial charge in [0.25, 0.3) is 0 Å². The van der Waals surface area contributed by atoms with Crippen LogP contribution in [0.25, 0.3) is 0 Å². The molecule has 0 radical (unpaired) electrons. The van der Waals surface area contributed by atoms with Gasteiger partial charge in [0.05, 0.1) is 12.2 Å². The summed E-state index contributed by atoms with van der Waals surface area (Å²) >= 11 is 0. The highest BCUT2D eigenvalue weighted by molar-refractivity contribution is 5.24. The molecule has 0 aromatic heterocycles. The molecule has 0 saturated heterocycles. The van der Waals surface area contributed by atoms with Crippen molar-refractivity contribution in [3.63, 3.8) is 0 Å². The molecule has 0 amide bonds. The summed E-state index contributed by atoms with van der Waals surface area (Å²) in [5.41, 5.74) is 2.16. The first kappa shape index (κ1) is 11.6. The van der Waals surface area contributed by atoms with Crippen LogP contribution in [0.2, 0.25) is 0 Å². The summed E-state index contributed by atoms with van der Waals surface area (Å²) in [5.74, 6) is 0.213. The molecule has 1 aliphatic rings. The van der Waals surface area contributed by atoms with Gasteiger partial charge in [-0.2, -0.15) is 0 Å². The molecule has 0 aliphatic heterocycles. The topological polar surface area (TPSA) is 40.5 Å². The Hall–Kier alpha value is -0.860. The van der Waals surface area contributed by atoms with Crippen LogP contribution >= 0.6 is 0 Å². The SMILES string of the molecule is Cc1cccc(C(O)C2CCCC(O)C2)c1. The lowest BCUT2D eigenvalue weighted by Gasteiger charge is -2.30. The summed E-state index contributed by atoms with van der Waals surface area (Å²) in [4.78, 5) is 0. The minimum absolute atomic E-state index is 0.213. The van der Waals surface area contributed by atoms with E-state index in [2.05, 4.69) is 0 Å². The second-order valence-electron chi connectivity index (χ2n) is 4.94. The normalized spacial score (nSPS) is 27.7. The zero-order chi connectivity index (χ0) is 11.5. The van der Waals surface area contributed by atoms with Crippen LogP contribution in [-0.4, -0.2) is 16.3 Å². The van der Waals surface area contributed by atoms with Gasteiger partial charge in [0, 0.05) is 0 Å². The maximum absolute atomic E-state index is 10.3. The molecule has 1 saturated carbocycles. The minimum atomic E-state index is -0.421. The summed E-state index contributed by atoms with van der Waals surface area (Å²) in [7, 11) is 0. The summed E-state index contributed by atoms with van der Waals surface area (Å²) in [6.07, 6.45) is 3.01. The van der Waals surface area contributed by atoms with E-state index in [1.54, 1.807) is 0 Å². The maximum Gasteiger partial charge on any atom is 0.0819 e. The third kappa shape index (κ3) is 2.63. The van der Waals surface area contributed by atoms with Crippen LogP contribution in [-0.2, 0) is 0 Å². The maximum atomic E-state index is 10.3. The molecule has 0 spiro atoms. The molecular formula is C14H20O2. The van der Waals surface area contributed by atoms with Crippen molar-refractivity contribution in [1.29, 1.82) is 0 Å². The van der Waals surface area contributed by atoms with Crippen LogP contribution in [0.1, 0.15) is 42.9 Å². The van der Waals surface area contributed by atoms with Crippen LogP contribution in [0, 0.1) is 12.8 Å². The first-order valence-corrected chi connectivity index (χ1v) is 6.09. The van der Waals surface area contributed by atoms with E-state index in [0.29, 0.717) is 0 Å². The number of hydrogen-bond donors (Lipinski definition) is 2. The molecule has 2 heteroatoms. The predicted octanol–water partition coefficient (Wildman–Crippen LogP) is 2.58. The highest BCUT2D eigenvalue weighted by Gasteiger charge is 2.27. The number of aryl methyl sites for hydroxylation is 1. The van der Waals surface area contributed by atoms with Gasteiger partial charge in [0.2, 0.25) is 0 Å². The smallest absolute Gasteiger partial charge is 0.0819 e. The van der Waals surface area contributed by atoms with Crippen molar-refractivity contribution in [2.24, 2.45) is 5.92 Å². The predicted molar refractivity (Wildman–Crippen MR) is 64.1 cm³/mol. The number of aliphatic hydroxyl groups excluding tert-OH is 2. The number of hydrogen-bond acceptors (Lipinski definition) is 2. The average molecular weight is 220 g/mol. The van der Waals surface area contributed by atoms with Crippen molar-refractivity contribution in [1.82, 2.24) is 0 Å². The van der Waals surface area contributed by atoms with Gasteiger partial charge >= 0.3 is 0 Å². The molecular weight excluding hydrogens is 200 g/mol. The molecule has 0 bridgehead atoms. The Balaban J connectivity index is 2.09. The van der Waals surface area contributed by atoms with Crippen LogP contribution in [0.5, 0.6) is 0 Å². The molecule has 88 valence electrons. The molecule has 0 heterocycles. The standard InChI is InChI=1S/C14H20O2/c1-10-4-2-5-11(8-10)14(16)12-6-3-7-13(15)9-12/h2,4-5,8,12-16H,3,6-7,9H2,1H3. The molecule has 3 unspecified atom stereocenters. The summed E-state index contributed by atoms with van der Waals surface area (Å²) in [6, 6.07) is 8.02. The summed E-state index contributed by atoms with van der Waals surface area (Å²) < 4.78 is 0. The second-order valence-corrected chi connectivity index (χ2v) is 4.94. The zero-order valence-electron chi connectivity index (χ0n) is 9.76. The van der Waals surface area contributed by atoms with Gasteiger partial charge < -0.3 is 10.2 Å². The largest absolute Gasteiger partial charge is 0.393 e. The Morgan fingerprint density at radius 1 is 1.31 bits per heavy atom. The van der Waals surface area contributed by atoms with Gasteiger partial charge in [0.15, 0.2) is 0 Å². The summed E-state index contributed by atoms with van der Waals surface area (Å²) in [5, 5.41) is 19.9. The van der Waals surface area contributed by atoms with E-state index in [9.17, 15) is 10.2 Å². The molecule has 3 atom stereocenters. The number of benzene rings is 1. The van der Waals surface area contributed by atoms with E-state index in [4.69, 9.17) is 0 Å². The van der Waals surface area contributed by atoms with E-state index >= 15 is 0 Å². The van der Waals surface area contributed by atoms with Crippen LogP contribution in [0.15, 0.2) is 24.3 Å². The van der Waals surface area contributed by atoms with Gasteiger partial charge in [-0.1, -0.05) is 36.2 Å². The van der Waals surface area contributed by atoms with Gasteiger partial charge in [0.1, 0.15) is 0 Å². The number of aliphatic hydroxyl groups is 2. The highest BCUT2D eigenvalue weighted by Crippen LogP contribution is 2.34. The Morgan fingerprint density at radius 2 is 2.12 bits per heavy atom. The fourth-order valence-corrected chi connectivity index (χ4v) is 2.61. The fourth-order valence-electron chi connectivity index (χ4n) is 2.61. The van der Waals surface area contributed by atoms with Crippen molar-refractivity contribution in [2.45, 2.75) is 44.8 Å². The quantitative estimate of drug-likeness (QED) is 0.804. The third-order valence-corrected chi connectivity index (χ3v) is 3.52. The molecule has 1 aromatic carbocycles. The lowest BCUT2D eigenvalue weighted by molar-refractivity contribution is 0.0290. The van der Waals surface area contributed by atoms with Crippen LogP contribution < -0.4 is 0 Å². The van der Waals surface area contributed by atoms with Crippen LogP contribution in [0.3, 0.4) is 0 Å². The monoisotopic (exact) mass is 220 g/mol. The average Bonchev–Trinajstić information content (AvgIpc) is 2.28. The van der Waals surface area contributed by atoms with Gasteiger partial charge in [-0.3, -0.25) is 0 Å².